The zero-order chi connectivity index (χ0) is 29.8. The average Bonchev–Trinajstić information content (AvgIpc) is 3.72. The van der Waals surface area contributed by atoms with Gasteiger partial charge in [0.25, 0.3) is 5.56 Å². The van der Waals surface area contributed by atoms with Gasteiger partial charge in [0.1, 0.15) is 17.6 Å². The van der Waals surface area contributed by atoms with E-state index < -0.39 is 6.04 Å². The summed E-state index contributed by atoms with van der Waals surface area (Å²) in [5.41, 5.74) is 5.50. The van der Waals surface area contributed by atoms with Crippen LogP contribution in [0.1, 0.15) is 45.4 Å². The number of furan rings is 1. The Kier molecular flexibility index (Phi) is 8.15. The SMILES string of the molecule is COc1cccc(CN(Cc2ccco2)C(c2cc3c(C)ccc(C)c3[nH]c2=O)c2nnnn2CCc2ccccc2)c1. The maximum atomic E-state index is 14.0. The maximum absolute atomic E-state index is 14.0. The molecule has 0 aliphatic carbocycles. The minimum Gasteiger partial charge on any atom is -0.497 e. The first-order chi connectivity index (χ1) is 21.0. The highest BCUT2D eigenvalue weighted by atomic mass is 16.5. The van der Waals surface area contributed by atoms with Crippen molar-refractivity contribution in [2.45, 2.75) is 45.9 Å². The van der Waals surface area contributed by atoms with Crippen molar-refractivity contribution in [3.05, 3.63) is 141 Å². The van der Waals surface area contributed by atoms with Crippen LogP contribution in [0.3, 0.4) is 0 Å². The fourth-order valence-corrected chi connectivity index (χ4v) is 5.59. The number of benzene rings is 3. The lowest BCUT2D eigenvalue weighted by Gasteiger charge is -2.30. The molecule has 0 fully saturated rings. The number of fused-ring (bicyclic) bond motifs is 1. The van der Waals surface area contributed by atoms with E-state index in [-0.39, 0.29) is 5.56 Å². The molecule has 1 atom stereocenters. The lowest BCUT2D eigenvalue weighted by atomic mass is 9.99. The molecule has 43 heavy (non-hydrogen) atoms. The van der Waals surface area contributed by atoms with Gasteiger partial charge in [-0.3, -0.25) is 9.69 Å². The number of methoxy groups -OCH3 is 1. The highest BCUT2D eigenvalue weighted by Crippen LogP contribution is 2.32. The summed E-state index contributed by atoms with van der Waals surface area (Å²) in [7, 11) is 1.66. The van der Waals surface area contributed by atoms with Crippen LogP contribution in [-0.2, 0) is 26.1 Å². The third-order valence-corrected chi connectivity index (χ3v) is 7.85. The molecule has 9 heteroatoms. The standard InChI is InChI=1S/C34H34N6O3/c1-23-14-15-24(2)31-29(23)20-30(34(41)35-31)32(33-36-37-38-40(33)17-16-25-9-5-4-6-10-25)39(22-28-13-8-18-43-28)21-26-11-7-12-27(19-26)42-3/h4-15,18-20,32H,16-17,21-22H2,1-3H3,(H,35,41). The molecule has 218 valence electrons. The van der Waals surface area contributed by atoms with Crippen LogP contribution in [0.2, 0.25) is 0 Å². The van der Waals surface area contributed by atoms with Gasteiger partial charge in [-0.25, -0.2) is 4.68 Å². The smallest absolute Gasteiger partial charge is 0.253 e. The van der Waals surface area contributed by atoms with Crippen molar-refractivity contribution < 1.29 is 9.15 Å². The first-order valence-corrected chi connectivity index (χ1v) is 14.3. The van der Waals surface area contributed by atoms with Crippen LogP contribution >= 0.6 is 0 Å². The molecule has 0 amide bonds. The van der Waals surface area contributed by atoms with Gasteiger partial charge >= 0.3 is 0 Å². The Morgan fingerprint density at radius 3 is 2.53 bits per heavy atom. The minimum absolute atomic E-state index is 0.182. The van der Waals surface area contributed by atoms with Gasteiger partial charge in [-0.15, -0.1) is 5.10 Å². The fourth-order valence-electron chi connectivity index (χ4n) is 5.59. The van der Waals surface area contributed by atoms with E-state index in [0.29, 0.717) is 31.0 Å². The number of ether oxygens (including phenoxy) is 1. The number of rotatable bonds is 11. The van der Waals surface area contributed by atoms with Crippen molar-refractivity contribution in [2.75, 3.05) is 7.11 Å². The van der Waals surface area contributed by atoms with E-state index in [1.165, 1.54) is 5.56 Å². The molecule has 1 unspecified atom stereocenters. The molecule has 0 bridgehead atoms. The second kappa shape index (κ2) is 12.5. The van der Waals surface area contributed by atoms with Gasteiger partial charge in [0.2, 0.25) is 0 Å². The lowest BCUT2D eigenvalue weighted by Crippen LogP contribution is -2.35. The summed E-state index contributed by atoms with van der Waals surface area (Å²) < 4.78 is 13.1. The van der Waals surface area contributed by atoms with Crippen LogP contribution < -0.4 is 10.3 Å². The minimum atomic E-state index is -0.588. The van der Waals surface area contributed by atoms with Gasteiger partial charge in [-0.05, 0) is 83.3 Å². The zero-order valence-corrected chi connectivity index (χ0v) is 24.5. The number of hydrogen-bond acceptors (Lipinski definition) is 7. The Balaban J connectivity index is 1.51. The Morgan fingerprint density at radius 2 is 1.74 bits per heavy atom. The molecule has 0 spiro atoms. The molecule has 9 nitrogen and oxygen atoms in total. The van der Waals surface area contributed by atoms with Crippen molar-refractivity contribution in [1.29, 1.82) is 0 Å². The molecule has 0 saturated heterocycles. The van der Waals surface area contributed by atoms with E-state index in [0.717, 1.165) is 45.5 Å². The summed E-state index contributed by atoms with van der Waals surface area (Å²) >= 11 is 0. The van der Waals surface area contributed by atoms with Gasteiger partial charge < -0.3 is 14.1 Å². The van der Waals surface area contributed by atoms with Gasteiger partial charge in [0.05, 0.1) is 25.4 Å². The van der Waals surface area contributed by atoms with E-state index in [2.05, 4.69) is 50.5 Å². The average molecular weight is 575 g/mol. The fraction of sp³-hybridized carbons (Fsp3) is 0.235. The third-order valence-electron chi connectivity index (χ3n) is 7.85. The molecule has 3 aromatic carbocycles. The van der Waals surface area contributed by atoms with Crippen LogP contribution in [-0.4, -0.2) is 37.2 Å². The Bertz CT molecular complexity index is 1880. The van der Waals surface area contributed by atoms with Crippen LogP contribution in [0.15, 0.2) is 100 Å². The van der Waals surface area contributed by atoms with E-state index in [4.69, 9.17) is 9.15 Å². The van der Waals surface area contributed by atoms with Crippen LogP contribution in [0.25, 0.3) is 10.9 Å². The highest BCUT2D eigenvalue weighted by Gasteiger charge is 2.31. The number of nitrogens with zero attached hydrogens (tertiary/aromatic N) is 5. The number of aromatic amines is 1. The topological polar surface area (TPSA) is 102 Å². The number of nitrogens with one attached hydrogen (secondary N) is 1. The number of tetrazole rings is 1. The number of aromatic nitrogens is 5. The zero-order valence-electron chi connectivity index (χ0n) is 24.5. The van der Waals surface area contributed by atoms with Gasteiger partial charge in [0, 0.05) is 24.0 Å². The summed E-state index contributed by atoms with van der Waals surface area (Å²) in [6.07, 6.45) is 2.40. The number of H-pyrrole nitrogens is 1. The molecule has 6 rings (SSSR count). The number of hydrogen-bond donors (Lipinski definition) is 1. The largest absolute Gasteiger partial charge is 0.497 e. The monoisotopic (exact) mass is 574 g/mol. The normalized spacial score (nSPS) is 12.2. The second-order valence-corrected chi connectivity index (χ2v) is 10.8. The second-order valence-electron chi connectivity index (χ2n) is 10.8. The Morgan fingerprint density at radius 1 is 0.930 bits per heavy atom. The first kappa shape index (κ1) is 28.1. The molecule has 0 aliphatic rings. The van der Waals surface area contributed by atoms with E-state index >= 15 is 0 Å². The predicted molar refractivity (Wildman–Crippen MR) is 165 cm³/mol. The quantitative estimate of drug-likeness (QED) is 0.210. The van der Waals surface area contributed by atoms with Crippen LogP contribution in [0, 0.1) is 13.8 Å². The maximum Gasteiger partial charge on any atom is 0.253 e. The Hall–Kier alpha value is -5.02. The van der Waals surface area contributed by atoms with E-state index in [1.54, 1.807) is 13.4 Å². The predicted octanol–water partition coefficient (Wildman–Crippen LogP) is 5.77. The summed E-state index contributed by atoms with van der Waals surface area (Å²) in [5, 5.41) is 14.0. The van der Waals surface area contributed by atoms with Gasteiger partial charge in [-0.1, -0.05) is 54.6 Å². The molecule has 0 saturated carbocycles. The molecule has 1 N–H and O–H groups in total. The van der Waals surface area contributed by atoms with Gasteiger partial charge in [0.15, 0.2) is 5.82 Å². The third kappa shape index (κ3) is 6.12. The summed E-state index contributed by atoms with van der Waals surface area (Å²) in [6, 6.07) is 27.5. The number of pyridine rings is 1. The summed E-state index contributed by atoms with van der Waals surface area (Å²) in [5.74, 6) is 2.11. The summed E-state index contributed by atoms with van der Waals surface area (Å²) in [4.78, 5) is 19.3. The van der Waals surface area contributed by atoms with Crippen LogP contribution in [0.4, 0.5) is 0 Å². The van der Waals surface area contributed by atoms with Crippen LogP contribution in [0.5, 0.6) is 5.75 Å². The lowest BCUT2D eigenvalue weighted by molar-refractivity contribution is 0.178. The molecule has 6 aromatic rings. The van der Waals surface area contributed by atoms with E-state index in [1.807, 2.05) is 78.3 Å². The van der Waals surface area contributed by atoms with Gasteiger partial charge in [-0.2, -0.15) is 0 Å². The van der Waals surface area contributed by atoms with Crippen molar-refractivity contribution in [3.63, 3.8) is 0 Å². The molecular formula is C34H34N6O3. The van der Waals surface area contributed by atoms with Crippen molar-refractivity contribution in [3.8, 4) is 5.75 Å². The molecule has 3 aromatic heterocycles. The van der Waals surface area contributed by atoms with Crippen molar-refractivity contribution in [2.24, 2.45) is 0 Å². The molecule has 0 radical (unpaired) electrons. The first-order valence-electron chi connectivity index (χ1n) is 14.3. The molecular weight excluding hydrogens is 540 g/mol. The van der Waals surface area contributed by atoms with E-state index in [9.17, 15) is 4.79 Å². The highest BCUT2D eigenvalue weighted by molar-refractivity contribution is 5.85. The summed E-state index contributed by atoms with van der Waals surface area (Å²) in [6.45, 7) is 5.52. The molecule has 3 heterocycles. The molecule has 0 aliphatic heterocycles. The number of aryl methyl sites for hydroxylation is 4. The van der Waals surface area contributed by atoms with Crippen molar-refractivity contribution >= 4 is 10.9 Å². The van der Waals surface area contributed by atoms with Crippen molar-refractivity contribution in [1.82, 2.24) is 30.1 Å². The Labute approximate surface area is 249 Å².